The van der Waals surface area contributed by atoms with Gasteiger partial charge in [0.1, 0.15) is 0 Å². The minimum absolute atomic E-state index is 0.177. The van der Waals surface area contributed by atoms with Gasteiger partial charge in [0, 0.05) is 47.6 Å². The van der Waals surface area contributed by atoms with Crippen LogP contribution in [0.4, 0.5) is 21.7 Å². The standard InChI is InChI=1S/C26H22FN5O4/c1-15-11-20(27)22(32(34)35)12-21(15)29-26-28-13-17(8-9-23(33)36-2)24(30-26)19-14-31-10-4-6-16-5-3-7-18(19)25(16)31/h3,5,7-9,11-14H,4,6,10H2,1-2H3,(H,28,29,30). The Morgan fingerprint density at radius 3 is 2.94 bits per heavy atom. The second-order valence-electron chi connectivity index (χ2n) is 8.51. The largest absolute Gasteiger partial charge is 0.466 e. The topological polar surface area (TPSA) is 112 Å². The highest BCUT2D eigenvalue weighted by molar-refractivity contribution is 5.99. The number of hydrogen-bond acceptors (Lipinski definition) is 7. The molecule has 3 heterocycles. The zero-order valence-electron chi connectivity index (χ0n) is 19.6. The van der Waals surface area contributed by atoms with E-state index in [1.165, 1.54) is 18.7 Å². The molecule has 5 rings (SSSR count). The first-order valence-electron chi connectivity index (χ1n) is 11.3. The Morgan fingerprint density at radius 1 is 1.33 bits per heavy atom. The molecular weight excluding hydrogens is 465 g/mol. The van der Waals surface area contributed by atoms with Gasteiger partial charge in [0.15, 0.2) is 0 Å². The zero-order chi connectivity index (χ0) is 25.4. The number of nitrogens with zero attached hydrogens (tertiary/aromatic N) is 4. The van der Waals surface area contributed by atoms with E-state index in [9.17, 15) is 19.3 Å². The quantitative estimate of drug-likeness (QED) is 0.169. The molecule has 0 spiro atoms. The third kappa shape index (κ3) is 4.17. The fourth-order valence-electron chi connectivity index (χ4n) is 4.52. The summed E-state index contributed by atoms with van der Waals surface area (Å²) in [6.45, 7) is 2.52. The molecule has 0 saturated heterocycles. The monoisotopic (exact) mass is 487 g/mol. The van der Waals surface area contributed by atoms with Gasteiger partial charge in [-0.05, 0) is 43.0 Å². The van der Waals surface area contributed by atoms with Gasteiger partial charge in [-0.25, -0.2) is 14.8 Å². The molecule has 2 aromatic carbocycles. The Labute approximate surface area is 205 Å². The SMILES string of the molecule is COC(=O)C=Cc1cnc(Nc2cc([N+](=O)[O-])c(F)cc2C)nc1-c1cn2c3c(cccc13)CCC2. The van der Waals surface area contributed by atoms with E-state index in [1.54, 1.807) is 19.2 Å². The molecule has 0 fully saturated rings. The number of carbonyl (C=O) groups is 1. The normalized spacial score (nSPS) is 12.8. The van der Waals surface area contributed by atoms with Gasteiger partial charge < -0.3 is 14.6 Å². The molecule has 182 valence electrons. The molecule has 1 N–H and O–H groups in total. The number of esters is 1. The van der Waals surface area contributed by atoms with E-state index in [4.69, 9.17) is 9.72 Å². The summed E-state index contributed by atoms with van der Waals surface area (Å²) >= 11 is 0. The van der Waals surface area contributed by atoms with E-state index < -0.39 is 22.4 Å². The summed E-state index contributed by atoms with van der Waals surface area (Å²) in [4.78, 5) is 31.3. The first-order valence-corrected chi connectivity index (χ1v) is 11.3. The first kappa shape index (κ1) is 23.2. The van der Waals surface area contributed by atoms with Crippen LogP contribution in [0, 0.1) is 22.9 Å². The molecule has 2 aromatic heterocycles. The van der Waals surface area contributed by atoms with Crippen molar-refractivity contribution in [1.82, 2.24) is 14.5 Å². The Hall–Kier alpha value is -4.60. The molecule has 0 radical (unpaired) electrons. The average Bonchev–Trinajstić information content (AvgIpc) is 3.24. The van der Waals surface area contributed by atoms with Crippen molar-refractivity contribution in [2.24, 2.45) is 0 Å². The van der Waals surface area contributed by atoms with Gasteiger partial charge >= 0.3 is 11.7 Å². The molecule has 0 unspecified atom stereocenters. The number of benzene rings is 2. The molecule has 0 atom stereocenters. The highest BCUT2D eigenvalue weighted by atomic mass is 19.1. The summed E-state index contributed by atoms with van der Waals surface area (Å²) in [6, 6.07) is 8.39. The van der Waals surface area contributed by atoms with Gasteiger partial charge in [0.25, 0.3) is 0 Å². The van der Waals surface area contributed by atoms with Crippen LogP contribution in [0.5, 0.6) is 0 Å². The maximum Gasteiger partial charge on any atom is 0.330 e. The number of anilines is 2. The lowest BCUT2D eigenvalue weighted by molar-refractivity contribution is -0.387. The van der Waals surface area contributed by atoms with E-state index >= 15 is 0 Å². The number of aromatic nitrogens is 3. The van der Waals surface area contributed by atoms with Crippen LogP contribution in [0.25, 0.3) is 28.2 Å². The molecule has 36 heavy (non-hydrogen) atoms. The summed E-state index contributed by atoms with van der Waals surface area (Å²) < 4.78 is 20.9. The highest BCUT2D eigenvalue weighted by Crippen LogP contribution is 2.37. The smallest absolute Gasteiger partial charge is 0.330 e. The molecule has 1 aliphatic rings. The molecule has 9 nitrogen and oxygen atoms in total. The van der Waals surface area contributed by atoms with Crippen molar-refractivity contribution in [1.29, 1.82) is 0 Å². The number of aryl methyl sites for hydroxylation is 3. The lowest BCUT2D eigenvalue weighted by Crippen LogP contribution is -2.05. The van der Waals surface area contributed by atoms with E-state index in [-0.39, 0.29) is 5.95 Å². The summed E-state index contributed by atoms with van der Waals surface area (Å²) in [5.74, 6) is -1.25. The van der Waals surface area contributed by atoms with Crippen LogP contribution < -0.4 is 5.32 Å². The summed E-state index contributed by atoms with van der Waals surface area (Å²) in [6.07, 6.45) is 8.52. The van der Waals surface area contributed by atoms with E-state index in [2.05, 4.69) is 20.9 Å². The van der Waals surface area contributed by atoms with E-state index in [0.717, 1.165) is 48.0 Å². The van der Waals surface area contributed by atoms with Gasteiger partial charge in [-0.3, -0.25) is 10.1 Å². The van der Waals surface area contributed by atoms with Crippen LogP contribution in [0.2, 0.25) is 0 Å². The number of ether oxygens (including phenoxy) is 1. The first-order chi connectivity index (χ1) is 17.4. The van der Waals surface area contributed by atoms with Crippen molar-refractivity contribution in [3.8, 4) is 11.3 Å². The number of rotatable bonds is 6. The Bertz CT molecular complexity index is 1560. The fourth-order valence-corrected chi connectivity index (χ4v) is 4.52. The number of carbonyl (C=O) groups excluding carboxylic acids is 1. The van der Waals surface area contributed by atoms with Crippen LogP contribution in [0.15, 0.2) is 48.8 Å². The highest BCUT2D eigenvalue weighted by Gasteiger charge is 2.21. The van der Waals surface area contributed by atoms with Crippen LogP contribution in [0.3, 0.4) is 0 Å². The molecule has 10 heteroatoms. The van der Waals surface area contributed by atoms with Gasteiger partial charge in [0.05, 0.1) is 28.9 Å². The third-order valence-electron chi connectivity index (χ3n) is 6.24. The lowest BCUT2D eigenvalue weighted by Gasteiger charge is -2.14. The van der Waals surface area contributed by atoms with Gasteiger partial charge in [0.2, 0.25) is 11.8 Å². The van der Waals surface area contributed by atoms with Crippen molar-refractivity contribution in [3.63, 3.8) is 0 Å². The molecule has 0 bridgehead atoms. The van der Waals surface area contributed by atoms with Gasteiger partial charge in [-0.1, -0.05) is 18.2 Å². The Morgan fingerprint density at radius 2 is 2.17 bits per heavy atom. The fraction of sp³-hybridized carbons (Fsp3) is 0.192. The number of para-hydroxylation sites is 1. The van der Waals surface area contributed by atoms with Gasteiger partial charge in [-0.15, -0.1) is 0 Å². The van der Waals surface area contributed by atoms with Crippen molar-refractivity contribution < 1.29 is 18.8 Å². The number of methoxy groups -OCH3 is 1. The zero-order valence-corrected chi connectivity index (χ0v) is 19.6. The van der Waals surface area contributed by atoms with Crippen LogP contribution in [-0.2, 0) is 22.5 Å². The molecule has 0 amide bonds. The second-order valence-corrected chi connectivity index (χ2v) is 8.51. The number of halogens is 1. The molecule has 0 saturated carbocycles. The number of nitro groups is 1. The lowest BCUT2D eigenvalue weighted by atomic mass is 10.0. The Kier molecular flexibility index (Phi) is 5.93. The number of hydrogen-bond donors (Lipinski definition) is 1. The molecule has 0 aliphatic carbocycles. The maximum absolute atomic E-state index is 14.0. The van der Waals surface area contributed by atoms with Crippen LogP contribution >= 0.6 is 0 Å². The summed E-state index contributed by atoms with van der Waals surface area (Å²) in [7, 11) is 1.30. The molecule has 4 aromatic rings. The predicted molar refractivity (Wildman–Crippen MR) is 133 cm³/mol. The summed E-state index contributed by atoms with van der Waals surface area (Å²) in [5.41, 5.74) is 4.58. The third-order valence-corrected chi connectivity index (χ3v) is 6.24. The van der Waals surface area contributed by atoms with E-state index in [1.807, 2.05) is 18.3 Å². The Balaban J connectivity index is 1.64. The van der Waals surface area contributed by atoms with Gasteiger partial charge in [-0.2, -0.15) is 4.39 Å². The number of nitrogens with one attached hydrogen (secondary N) is 1. The second kappa shape index (κ2) is 9.21. The van der Waals surface area contributed by atoms with Crippen molar-refractivity contribution in [2.75, 3.05) is 12.4 Å². The summed E-state index contributed by atoms with van der Waals surface area (Å²) in [5, 5.41) is 15.2. The maximum atomic E-state index is 14.0. The van der Waals surface area contributed by atoms with Crippen LogP contribution in [0.1, 0.15) is 23.1 Å². The van der Waals surface area contributed by atoms with Crippen molar-refractivity contribution in [3.05, 3.63) is 81.4 Å². The van der Waals surface area contributed by atoms with E-state index in [0.29, 0.717) is 22.5 Å². The molecule has 1 aliphatic heterocycles. The minimum Gasteiger partial charge on any atom is -0.466 e. The minimum atomic E-state index is -0.915. The predicted octanol–water partition coefficient (Wildman–Crippen LogP) is 5.33. The number of nitro benzene ring substituents is 1. The van der Waals surface area contributed by atoms with Crippen LogP contribution in [-0.4, -0.2) is 32.5 Å². The molecular formula is C26H22FN5O4. The average molecular weight is 487 g/mol. The van der Waals surface area contributed by atoms with Crippen molar-refractivity contribution in [2.45, 2.75) is 26.3 Å². The van der Waals surface area contributed by atoms with Crippen molar-refractivity contribution >= 4 is 40.3 Å².